The summed E-state index contributed by atoms with van der Waals surface area (Å²) in [5.41, 5.74) is 1.87. The van der Waals surface area contributed by atoms with Crippen molar-refractivity contribution in [1.82, 2.24) is 9.97 Å². The molecule has 1 heterocycles. The number of H-pyrrole nitrogens is 1. The Morgan fingerprint density at radius 1 is 1.11 bits per heavy atom. The van der Waals surface area contributed by atoms with Crippen LogP contribution in [0.2, 0.25) is 10.0 Å². The van der Waals surface area contributed by atoms with Crippen LogP contribution in [0.5, 0.6) is 0 Å². The minimum atomic E-state index is 0.505. The van der Waals surface area contributed by atoms with E-state index in [1.54, 1.807) is 0 Å². The van der Waals surface area contributed by atoms with Gasteiger partial charge in [-0.25, -0.2) is 4.98 Å². The fourth-order valence-electron chi connectivity index (χ4n) is 2.33. The third kappa shape index (κ3) is 2.81. The van der Waals surface area contributed by atoms with E-state index in [9.17, 15) is 0 Å². The van der Waals surface area contributed by atoms with Gasteiger partial charge in [-0.1, -0.05) is 49.9 Å². The number of aromatic nitrogens is 2. The highest BCUT2D eigenvalue weighted by molar-refractivity contribution is 6.42. The lowest BCUT2D eigenvalue weighted by molar-refractivity contribution is 0.539. The molecular weight excluding hydrogens is 267 g/mol. The molecule has 4 heteroatoms. The van der Waals surface area contributed by atoms with Crippen molar-refractivity contribution in [2.24, 2.45) is 0 Å². The van der Waals surface area contributed by atoms with Gasteiger partial charge in [0.05, 0.1) is 21.1 Å². The summed E-state index contributed by atoms with van der Waals surface area (Å²) in [6.07, 6.45) is 4.66. The first-order valence-electron chi connectivity index (χ1n) is 6.50. The maximum absolute atomic E-state index is 6.02. The van der Waals surface area contributed by atoms with Crippen molar-refractivity contribution in [3.05, 3.63) is 28.0 Å². The predicted molar refractivity (Wildman–Crippen MR) is 78.7 cm³/mol. The number of halogens is 2. The van der Waals surface area contributed by atoms with Crippen LogP contribution in [0.1, 0.15) is 51.3 Å². The highest BCUT2D eigenvalue weighted by Crippen LogP contribution is 2.30. The second-order valence-electron chi connectivity index (χ2n) is 4.68. The molecule has 0 radical (unpaired) electrons. The maximum Gasteiger partial charge on any atom is 0.110 e. The lowest BCUT2D eigenvalue weighted by Gasteiger charge is -2.11. The largest absolute Gasteiger partial charge is 0.342 e. The molecule has 1 aromatic carbocycles. The first-order valence-corrected chi connectivity index (χ1v) is 7.26. The van der Waals surface area contributed by atoms with Crippen LogP contribution in [-0.4, -0.2) is 9.97 Å². The van der Waals surface area contributed by atoms with E-state index in [1.165, 1.54) is 12.8 Å². The Labute approximate surface area is 118 Å². The molecule has 1 N–H and O–H groups in total. The van der Waals surface area contributed by atoms with Gasteiger partial charge in [0, 0.05) is 5.92 Å². The zero-order valence-corrected chi connectivity index (χ0v) is 12.3. The molecular formula is C14H18Cl2N2. The number of hydrogen-bond acceptors (Lipinski definition) is 1. The summed E-state index contributed by atoms with van der Waals surface area (Å²) in [4.78, 5) is 8.03. The van der Waals surface area contributed by atoms with Gasteiger partial charge in [-0.3, -0.25) is 0 Å². The Balaban J connectivity index is 2.38. The number of hydrogen-bond donors (Lipinski definition) is 1. The van der Waals surface area contributed by atoms with E-state index < -0.39 is 0 Å². The summed E-state index contributed by atoms with van der Waals surface area (Å²) in [5.74, 6) is 1.57. The molecule has 0 aliphatic rings. The molecule has 0 bridgehead atoms. The Morgan fingerprint density at radius 2 is 1.72 bits per heavy atom. The fraction of sp³-hybridized carbons (Fsp3) is 0.500. The first kappa shape index (κ1) is 13.7. The molecule has 0 spiro atoms. The SMILES string of the molecule is CCCC(CCC)c1nc2cc(Cl)c(Cl)cc2[nH]1. The van der Waals surface area contributed by atoms with Crippen molar-refractivity contribution in [3.63, 3.8) is 0 Å². The fourth-order valence-corrected chi connectivity index (χ4v) is 2.65. The van der Waals surface area contributed by atoms with Crippen LogP contribution >= 0.6 is 23.2 Å². The van der Waals surface area contributed by atoms with Crippen molar-refractivity contribution in [3.8, 4) is 0 Å². The van der Waals surface area contributed by atoms with Crippen molar-refractivity contribution >= 4 is 34.2 Å². The summed E-state index contributed by atoms with van der Waals surface area (Å²) in [7, 11) is 0. The zero-order chi connectivity index (χ0) is 13.1. The summed E-state index contributed by atoms with van der Waals surface area (Å²) in [6.45, 7) is 4.41. The van der Waals surface area contributed by atoms with Gasteiger partial charge in [-0.15, -0.1) is 0 Å². The van der Waals surface area contributed by atoms with Crippen LogP contribution in [0.25, 0.3) is 11.0 Å². The number of nitrogens with zero attached hydrogens (tertiary/aromatic N) is 1. The summed E-state index contributed by atoms with van der Waals surface area (Å²) in [5, 5.41) is 1.13. The normalized spacial score (nSPS) is 11.6. The number of imidazole rings is 1. The van der Waals surface area contributed by atoms with Gasteiger partial charge < -0.3 is 4.98 Å². The maximum atomic E-state index is 6.02. The van der Waals surface area contributed by atoms with Crippen LogP contribution in [0, 0.1) is 0 Å². The molecule has 0 unspecified atom stereocenters. The van der Waals surface area contributed by atoms with Gasteiger partial charge >= 0.3 is 0 Å². The summed E-state index contributed by atoms with van der Waals surface area (Å²) in [6, 6.07) is 3.68. The lowest BCUT2D eigenvalue weighted by atomic mass is 9.98. The molecule has 0 fully saturated rings. The minimum absolute atomic E-state index is 0.505. The van der Waals surface area contributed by atoms with E-state index in [2.05, 4.69) is 23.8 Å². The molecule has 0 saturated heterocycles. The third-order valence-corrected chi connectivity index (χ3v) is 3.93. The van der Waals surface area contributed by atoms with Crippen molar-refractivity contribution in [2.45, 2.75) is 45.4 Å². The average Bonchev–Trinajstić information content (AvgIpc) is 2.72. The van der Waals surface area contributed by atoms with Crippen molar-refractivity contribution < 1.29 is 0 Å². The number of nitrogens with one attached hydrogen (secondary N) is 1. The molecule has 98 valence electrons. The van der Waals surface area contributed by atoms with Crippen LogP contribution < -0.4 is 0 Å². The number of fused-ring (bicyclic) bond motifs is 1. The van der Waals surface area contributed by atoms with Crippen molar-refractivity contribution in [1.29, 1.82) is 0 Å². The average molecular weight is 285 g/mol. The quantitative estimate of drug-likeness (QED) is 0.766. The first-order chi connectivity index (χ1) is 8.65. The van der Waals surface area contributed by atoms with E-state index in [1.807, 2.05) is 12.1 Å². The summed E-state index contributed by atoms with van der Waals surface area (Å²) < 4.78 is 0. The Hall–Kier alpha value is -0.730. The second-order valence-corrected chi connectivity index (χ2v) is 5.49. The minimum Gasteiger partial charge on any atom is -0.342 e. The zero-order valence-electron chi connectivity index (χ0n) is 10.8. The molecule has 0 aliphatic carbocycles. The van der Waals surface area contributed by atoms with Gasteiger partial charge in [0.1, 0.15) is 5.82 Å². The Morgan fingerprint density at radius 3 is 2.33 bits per heavy atom. The monoisotopic (exact) mass is 284 g/mol. The molecule has 1 aromatic heterocycles. The van der Waals surface area contributed by atoms with E-state index in [4.69, 9.17) is 23.2 Å². The molecule has 0 atom stereocenters. The Bertz CT molecular complexity index is 489. The lowest BCUT2D eigenvalue weighted by Crippen LogP contribution is -2.00. The second kappa shape index (κ2) is 5.94. The smallest absolute Gasteiger partial charge is 0.110 e. The number of benzene rings is 1. The molecule has 0 saturated carbocycles. The Kier molecular flexibility index (Phi) is 4.52. The molecule has 18 heavy (non-hydrogen) atoms. The number of rotatable bonds is 5. The standard InChI is InChI=1S/C14H18Cl2N2/c1-3-5-9(6-4-2)14-17-12-7-10(15)11(16)8-13(12)18-14/h7-9H,3-6H2,1-2H3,(H,17,18). The highest BCUT2D eigenvalue weighted by Gasteiger charge is 2.15. The van der Waals surface area contributed by atoms with E-state index in [-0.39, 0.29) is 0 Å². The molecule has 2 nitrogen and oxygen atoms in total. The molecule has 2 rings (SSSR count). The highest BCUT2D eigenvalue weighted by atomic mass is 35.5. The van der Waals surface area contributed by atoms with E-state index in [0.717, 1.165) is 29.7 Å². The van der Waals surface area contributed by atoms with Crippen LogP contribution in [0.15, 0.2) is 12.1 Å². The van der Waals surface area contributed by atoms with E-state index >= 15 is 0 Å². The van der Waals surface area contributed by atoms with Crippen LogP contribution in [0.3, 0.4) is 0 Å². The molecule has 0 amide bonds. The van der Waals surface area contributed by atoms with Gasteiger partial charge in [0.2, 0.25) is 0 Å². The van der Waals surface area contributed by atoms with Gasteiger partial charge in [0.25, 0.3) is 0 Å². The van der Waals surface area contributed by atoms with Gasteiger partial charge in [-0.05, 0) is 25.0 Å². The van der Waals surface area contributed by atoms with Crippen LogP contribution in [-0.2, 0) is 0 Å². The van der Waals surface area contributed by atoms with Crippen LogP contribution in [0.4, 0.5) is 0 Å². The molecule has 2 aromatic rings. The summed E-state index contributed by atoms with van der Waals surface area (Å²) >= 11 is 12.0. The van der Waals surface area contributed by atoms with Crippen molar-refractivity contribution in [2.75, 3.05) is 0 Å². The topological polar surface area (TPSA) is 28.7 Å². The third-order valence-electron chi connectivity index (χ3n) is 3.20. The van der Waals surface area contributed by atoms with E-state index in [0.29, 0.717) is 16.0 Å². The number of aromatic amines is 1. The molecule has 0 aliphatic heterocycles. The van der Waals surface area contributed by atoms with Gasteiger partial charge in [-0.2, -0.15) is 0 Å². The van der Waals surface area contributed by atoms with Gasteiger partial charge in [0.15, 0.2) is 0 Å². The predicted octanol–water partition coefficient (Wildman–Crippen LogP) is 5.55.